The summed E-state index contributed by atoms with van der Waals surface area (Å²) in [7, 11) is -2.16. The van der Waals surface area contributed by atoms with E-state index < -0.39 is 10.0 Å². The molecule has 108 valence electrons. The minimum absolute atomic E-state index is 0.109. The zero-order valence-corrected chi connectivity index (χ0v) is 12.7. The fourth-order valence-corrected chi connectivity index (χ4v) is 4.09. The van der Waals surface area contributed by atoms with E-state index in [1.807, 2.05) is 24.3 Å². The van der Waals surface area contributed by atoms with Gasteiger partial charge in [-0.25, -0.2) is 18.5 Å². The molecule has 0 unspecified atom stereocenters. The lowest BCUT2D eigenvalue weighted by Gasteiger charge is -1.99. The number of nitrogens with two attached hydrogens (primary N) is 1. The first-order chi connectivity index (χ1) is 9.99. The molecule has 0 atom stereocenters. The van der Waals surface area contributed by atoms with Crippen LogP contribution in [0.5, 0.6) is 5.75 Å². The second-order valence-electron chi connectivity index (χ2n) is 4.40. The molecule has 1 aromatic heterocycles. The summed E-state index contributed by atoms with van der Waals surface area (Å²) >= 11 is 1.31. The molecule has 0 saturated heterocycles. The Morgan fingerprint density at radius 2 is 1.86 bits per heavy atom. The number of methoxy groups -OCH3 is 1. The molecule has 3 aromatic rings. The number of rotatable bonds is 3. The molecule has 0 amide bonds. The largest absolute Gasteiger partial charge is 0.497 e. The van der Waals surface area contributed by atoms with Crippen LogP contribution < -0.4 is 9.88 Å². The van der Waals surface area contributed by atoms with Crippen molar-refractivity contribution in [3.63, 3.8) is 0 Å². The van der Waals surface area contributed by atoms with Crippen LogP contribution in [0.3, 0.4) is 0 Å². The summed E-state index contributed by atoms with van der Waals surface area (Å²) in [5.74, 6) is 0.755. The summed E-state index contributed by atoms with van der Waals surface area (Å²) in [6.07, 6.45) is 0. The van der Waals surface area contributed by atoms with Crippen molar-refractivity contribution in [2.75, 3.05) is 7.11 Å². The van der Waals surface area contributed by atoms with E-state index in [4.69, 9.17) is 9.88 Å². The Morgan fingerprint density at radius 1 is 1.14 bits per heavy atom. The summed E-state index contributed by atoms with van der Waals surface area (Å²) in [5.41, 5.74) is 1.52. The van der Waals surface area contributed by atoms with Gasteiger partial charge in [-0.05, 0) is 36.4 Å². The standard InChI is InChI=1S/C14H12N2O3S2/c1-19-10-7-5-9(6-8-10)14-16-11-3-2-4-12(13(11)20-14)21(15,17)18/h2-8H,1H3,(H2,15,17,18). The molecule has 0 aliphatic rings. The smallest absolute Gasteiger partial charge is 0.239 e. The van der Waals surface area contributed by atoms with Gasteiger partial charge in [0.2, 0.25) is 10.0 Å². The van der Waals surface area contributed by atoms with Crippen molar-refractivity contribution in [3.8, 4) is 16.3 Å². The highest BCUT2D eigenvalue weighted by Crippen LogP contribution is 2.34. The Labute approximate surface area is 126 Å². The van der Waals surface area contributed by atoms with Gasteiger partial charge in [0.15, 0.2) is 0 Å². The Balaban J connectivity index is 2.17. The second kappa shape index (κ2) is 5.10. The van der Waals surface area contributed by atoms with Gasteiger partial charge in [-0.3, -0.25) is 0 Å². The van der Waals surface area contributed by atoms with Crippen molar-refractivity contribution in [2.24, 2.45) is 5.14 Å². The first-order valence-electron chi connectivity index (χ1n) is 6.06. The molecule has 0 fully saturated rings. The maximum absolute atomic E-state index is 11.6. The van der Waals surface area contributed by atoms with Gasteiger partial charge in [0.1, 0.15) is 15.7 Å². The highest BCUT2D eigenvalue weighted by Gasteiger charge is 2.16. The van der Waals surface area contributed by atoms with E-state index in [1.54, 1.807) is 19.2 Å². The third kappa shape index (κ3) is 2.63. The van der Waals surface area contributed by atoms with Crippen LogP contribution in [0.2, 0.25) is 0 Å². The number of ether oxygens (including phenoxy) is 1. The molecule has 5 nitrogen and oxygen atoms in total. The van der Waals surface area contributed by atoms with Crippen LogP contribution in [0.25, 0.3) is 20.8 Å². The molecule has 0 aliphatic heterocycles. The summed E-state index contributed by atoms with van der Waals surface area (Å²) in [4.78, 5) is 4.58. The summed E-state index contributed by atoms with van der Waals surface area (Å²) in [6.45, 7) is 0. The maximum atomic E-state index is 11.6. The van der Waals surface area contributed by atoms with Crippen LogP contribution in [-0.2, 0) is 10.0 Å². The Morgan fingerprint density at radius 3 is 2.48 bits per heavy atom. The predicted molar refractivity (Wildman–Crippen MR) is 83.0 cm³/mol. The average Bonchev–Trinajstić information content (AvgIpc) is 2.90. The number of benzene rings is 2. The molecule has 3 rings (SSSR count). The number of thiazole rings is 1. The molecular weight excluding hydrogens is 308 g/mol. The molecule has 0 saturated carbocycles. The van der Waals surface area contributed by atoms with Crippen molar-refractivity contribution in [3.05, 3.63) is 42.5 Å². The maximum Gasteiger partial charge on any atom is 0.239 e. The van der Waals surface area contributed by atoms with E-state index >= 15 is 0 Å². The number of nitrogens with zero attached hydrogens (tertiary/aromatic N) is 1. The molecule has 1 heterocycles. The van der Waals surface area contributed by atoms with Crippen molar-refractivity contribution in [1.29, 1.82) is 0 Å². The summed E-state index contributed by atoms with van der Waals surface area (Å²) in [5, 5.41) is 5.98. The SMILES string of the molecule is COc1ccc(-c2nc3cccc(S(N)(=O)=O)c3s2)cc1. The van der Waals surface area contributed by atoms with E-state index in [-0.39, 0.29) is 4.90 Å². The van der Waals surface area contributed by atoms with Gasteiger partial charge in [-0.1, -0.05) is 6.07 Å². The fourth-order valence-electron chi connectivity index (χ4n) is 2.00. The van der Waals surface area contributed by atoms with Crippen LogP contribution >= 0.6 is 11.3 Å². The lowest BCUT2D eigenvalue weighted by molar-refractivity contribution is 0.415. The number of hydrogen-bond donors (Lipinski definition) is 1. The molecule has 21 heavy (non-hydrogen) atoms. The quantitative estimate of drug-likeness (QED) is 0.804. The van der Waals surface area contributed by atoms with Gasteiger partial charge in [0, 0.05) is 5.56 Å². The number of hydrogen-bond acceptors (Lipinski definition) is 5. The van der Waals surface area contributed by atoms with Gasteiger partial charge in [-0.2, -0.15) is 0 Å². The van der Waals surface area contributed by atoms with Gasteiger partial charge in [0.25, 0.3) is 0 Å². The highest BCUT2D eigenvalue weighted by molar-refractivity contribution is 7.89. The third-order valence-corrected chi connectivity index (χ3v) is 5.26. The van der Waals surface area contributed by atoms with E-state index in [2.05, 4.69) is 4.98 Å². The number of fused-ring (bicyclic) bond motifs is 1. The van der Waals surface area contributed by atoms with Crippen LogP contribution in [0.4, 0.5) is 0 Å². The van der Waals surface area contributed by atoms with E-state index in [9.17, 15) is 8.42 Å². The normalized spacial score (nSPS) is 11.7. The van der Waals surface area contributed by atoms with Gasteiger partial charge in [-0.15, -0.1) is 11.3 Å². The molecule has 0 spiro atoms. The van der Waals surface area contributed by atoms with Crippen LogP contribution in [0, 0.1) is 0 Å². The zero-order valence-electron chi connectivity index (χ0n) is 11.1. The fraction of sp³-hybridized carbons (Fsp3) is 0.0714. The second-order valence-corrected chi connectivity index (χ2v) is 6.93. The molecule has 2 N–H and O–H groups in total. The molecule has 7 heteroatoms. The number of aromatic nitrogens is 1. The van der Waals surface area contributed by atoms with Crippen LogP contribution in [0.15, 0.2) is 47.4 Å². The van der Waals surface area contributed by atoms with Crippen molar-refractivity contribution < 1.29 is 13.2 Å². The minimum atomic E-state index is -3.76. The summed E-state index contributed by atoms with van der Waals surface area (Å²) < 4.78 is 28.9. The van der Waals surface area contributed by atoms with Crippen molar-refractivity contribution in [1.82, 2.24) is 4.98 Å². The number of primary sulfonamides is 1. The van der Waals surface area contributed by atoms with Crippen LogP contribution in [0.1, 0.15) is 0 Å². The first-order valence-corrected chi connectivity index (χ1v) is 8.42. The number of sulfonamides is 1. The van der Waals surface area contributed by atoms with E-state index in [1.165, 1.54) is 17.4 Å². The molecule has 0 aliphatic carbocycles. The highest BCUT2D eigenvalue weighted by atomic mass is 32.2. The zero-order chi connectivity index (χ0) is 15.0. The molecule has 2 aromatic carbocycles. The first kappa shape index (κ1) is 14.0. The predicted octanol–water partition coefficient (Wildman–Crippen LogP) is 2.62. The lowest BCUT2D eigenvalue weighted by Crippen LogP contribution is -2.11. The topological polar surface area (TPSA) is 82.3 Å². The Kier molecular flexibility index (Phi) is 3.40. The Bertz CT molecular complexity index is 900. The van der Waals surface area contributed by atoms with E-state index in [0.29, 0.717) is 10.2 Å². The Hall–Kier alpha value is -1.96. The molecule has 0 radical (unpaired) electrons. The van der Waals surface area contributed by atoms with Gasteiger partial charge < -0.3 is 4.74 Å². The average molecular weight is 320 g/mol. The lowest BCUT2D eigenvalue weighted by atomic mass is 10.2. The van der Waals surface area contributed by atoms with Crippen molar-refractivity contribution >= 4 is 31.6 Å². The minimum Gasteiger partial charge on any atom is -0.497 e. The van der Waals surface area contributed by atoms with E-state index in [0.717, 1.165) is 16.3 Å². The molecular formula is C14H12N2O3S2. The summed E-state index contributed by atoms with van der Waals surface area (Å²) in [6, 6.07) is 12.3. The monoisotopic (exact) mass is 320 g/mol. The van der Waals surface area contributed by atoms with Gasteiger partial charge in [0.05, 0.1) is 17.3 Å². The van der Waals surface area contributed by atoms with Gasteiger partial charge >= 0.3 is 0 Å². The van der Waals surface area contributed by atoms with Crippen molar-refractivity contribution in [2.45, 2.75) is 4.90 Å². The molecule has 0 bridgehead atoms. The van der Waals surface area contributed by atoms with Crippen LogP contribution in [-0.4, -0.2) is 20.5 Å². The third-order valence-electron chi connectivity index (χ3n) is 3.02.